The van der Waals surface area contributed by atoms with Gasteiger partial charge in [-0.05, 0) is 42.3 Å². The largest absolute Gasteiger partial charge is 0.454 e. The van der Waals surface area contributed by atoms with Crippen molar-refractivity contribution in [3.05, 3.63) is 52.0 Å². The Labute approximate surface area is 155 Å². The number of sulfonamides is 1. The van der Waals surface area contributed by atoms with Crippen molar-refractivity contribution in [3.63, 3.8) is 0 Å². The van der Waals surface area contributed by atoms with Crippen molar-refractivity contribution >= 4 is 33.2 Å². The van der Waals surface area contributed by atoms with E-state index in [-0.39, 0.29) is 34.7 Å². The molecule has 0 radical (unpaired) electrons. The van der Waals surface area contributed by atoms with Crippen LogP contribution in [-0.4, -0.2) is 26.9 Å². The summed E-state index contributed by atoms with van der Waals surface area (Å²) in [6, 6.07) is 9.29. The number of halogens is 2. The number of nitrogens with one attached hydrogen (secondary N) is 1. The minimum absolute atomic E-state index is 0.0286. The zero-order valence-corrected chi connectivity index (χ0v) is 15.2. The van der Waals surface area contributed by atoms with Gasteiger partial charge in [-0.1, -0.05) is 29.3 Å². The molecule has 9 heteroatoms. The minimum atomic E-state index is -3.82. The van der Waals surface area contributed by atoms with Gasteiger partial charge in [-0.15, -0.1) is 0 Å². The lowest BCUT2D eigenvalue weighted by molar-refractivity contribution is 0.166. The predicted octanol–water partition coefficient (Wildman–Crippen LogP) is 3.12. The number of hydrogen-bond donors (Lipinski definition) is 2. The van der Waals surface area contributed by atoms with E-state index in [1.807, 2.05) is 0 Å². The van der Waals surface area contributed by atoms with E-state index in [9.17, 15) is 13.5 Å². The van der Waals surface area contributed by atoms with Gasteiger partial charge in [0.05, 0.1) is 11.1 Å². The van der Waals surface area contributed by atoms with Crippen LogP contribution in [0.15, 0.2) is 41.3 Å². The first-order valence-corrected chi connectivity index (χ1v) is 9.63. The van der Waals surface area contributed by atoms with Crippen LogP contribution in [0, 0.1) is 0 Å². The molecule has 2 aromatic rings. The Balaban J connectivity index is 1.63. The number of benzene rings is 2. The average Bonchev–Trinajstić information content (AvgIpc) is 3.04. The molecule has 3 rings (SSSR count). The van der Waals surface area contributed by atoms with Crippen molar-refractivity contribution in [2.75, 3.05) is 13.3 Å². The molecule has 0 saturated heterocycles. The van der Waals surface area contributed by atoms with E-state index in [1.165, 1.54) is 18.2 Å². The second-order valence-corrected chi connectivity index (χ2v) is 7.97. The van der Waals surface area contributed by atoms with Crippen molar-refractivity contribution < 1.29 is 23.0 Å². The molecular formula is C16H15Cl2NO5S. The van der Waals surface area contributed by atoms with Gasteiger partial charge >= 0.3 is 0 Å². The van der Waals surface area contributed by atoms with E-state index in [0.717, 1.165) is 0 Å². The lowest BCUT2D eigenvalue weighted by atomic mass is 10.1. The molecular weight excluding hydrogens is 389 g/mol. The Bertz CT molecular complexity index is 888. The maximum atomic E-state index is 12.3. The van der Waals surface area contributed by atoms with E-state index in [1.54, 1.807) is 18.2 Å². The summed E-state index contributed by atoms with van der Waals surface area (Å²) in [5.74, 6) is 1.18. The van der Waals surface area contributed by atoms with E-state index < -0.39 is 16.1 Å². The van der Waals surface area contributed by atoms with Gasteiger partial charge in [-0.3, -0.25) is 0 Å². The van der Waals surface area contributed by atoms with Gasteiger partial charge in [-0.25, -0.2) is 13.1 Å². The molecule has 0 amide bonds. The quantitative estimate of drug-likeness (QED) is 0.773. The molecule has 1 aliphatic rings. The third-order valence-corrected chi connectivity index (χ3v) is 5.85. The highest BCUT2D eigenvalue weighted by atomic mass is 35.5. The van der Waals surface area contributed by atoms with Crippen molar-refractivity contribution in [1.29, 1.82) is 0 Å². The van der Waals surface area contributed by atoms with Gasteiger partial charge in [0.2, 0.25) is 16.8 Å². The summed E-state index contributed by atoms with van der Waals surface area (Å²) in [4.78, 5) is -0.0979. The SMILES string of the molecule is O=S(=O)(NCCC(O)c1ccc2c(c1)OCO2)c1cc(Cl)ccc1Cl. The maximum Gasteiger partial charge on any atom is 0.242 e. The van der Waals surface area contributed by atoms with Crippen LogP contribution in [0.25, 0.3) is 0 Å². The normalized spacial score (nSPS) is 14.5. The van der Waals surface area contributed by atoms with Crippen molar-refractivity contribution in [3.8, 4) is 11.5 Å². The summed E-state index contributed by atoms with van der Waals surface area (Å²) in [5, 5.41) is 10.6. The number of fused-ring (bicyclic) bond motifs is 1. The second-order valence-electron chi connectivity index (χ2n) is 5.39. The molecule has 0 fully saturated rings. The van der Waals surface area contributed by atoms with E-state index in [2.05, 4.69) is 4.72 Å². The van der Waals surface area contributed by atoms with E-state index >= 15 is 0 Å². The van der Waals surface area contributed by atoms with Crippen LogP contribution in [0.2, 0.25) is 10.0 Å². The second kappa shape index (κ2) is 7.39. The van der Waals surface area contributed by atoms with Crippen LogP contribution in [0.1, 0.15) is 18.1 Å². The van der Waals surface area contributed by atoms with E-state index in [0.29, 0.717) is 17.1 Å². The predicted molar refractivity (Wildman–Crippen MR) is 93.8 cm³/mol. The Morgan fingerprint density at radius 2 is 1.88 bits per heavy atom. The first kappa shape index (κ1) is 18.3. The summed E-state index contributed by atoms with van der Waals surface area (Å²) < 4.78 is 37.5. The van der Waals surface area contributed by atoms with Crippen molar-refractivity contribution in [2.45, 2.75) is 17.4 Å². The van der Waals surface area contributed by atoms with Crippen LogP contribution < -0.4 is 14.2 Å². The van der Waals surface area contributed by atoms with Crippen LogP contribution in [0.3, 0.4) is 0 Å². The summed E-state index contributed by atoms with van der Waals surface area (Å²) in [6.07, 6.45) is -0.677. The molecule has 0 aromatic heterocycles. The monoisotopic (exact) mass is 403 g/mol. The molecule has 0 saturated carbocycles. The molecule has 2 aromatic carbocycles. The number of rotatable bonds is 6. The molecule has 1 heterocycles. The minimum Gasteiger partial charge on any atom is -0.454 e. The molecule has 6 nitrogen and oxygen atoms in total. The van der Waals surface area contributed by atoms with Gasteiger partial charge < -0.3 is 14.6 Å². The Morgan fingerprint density at radius 1 is 1.12 bits per heavy atom. The highest BCUT2D eigenvalue weighted by Gasteiger charge is 2.20. The fourth-order valence-electron chi connectivity index (χ4n) is 2.38. The molecule has 1 aliphatic heterocycles. The van der Waals surface area contributed by atoms with Crippen LogP contribution in [0.4, 0.5) is 0 Å². The first-order chi connectivity index (χ1) is 11.9. The highest BCUT2D eigenvalue weighted by Crippen LogP contribution is 2.34. The van der Waals surface area contributed by atoms with Gasteiger partial charge in [0.1, 0.15) is 4.90 Å². The molecule has 25 heavy (non-hydrogen) atoms. The first-order valence-electron chi connectivity index (χ1n) is 7.39. The van der Waals surface area contributed by atoms with E-state index in [4.69, 9.17) is 32.7 Å². The van der Waals surface area contributed by atoms with Crippen molar-refractivity contribution in [2.24, 2.45) is 0 Å². The molecule has 0 spiro atoms. The summed E-state index contributed by atoms with van der Waals surface area (Å²) >= 11 is 11.7. The van der Waals surface area contributed by atoms with Gasteiger partial charge in [-0.2, -0.15) is 0 Å². The third kappa shape index (κ3) is 4.19. The van der Waals surface area contributed by atoms with Gasteiger partial charge in [0, 0.05) is 11.6 Å². The van der Waals surface area contributed by atoms with Crippen LogP contribution >= 0.6 is 23.2 Å². The van der Waals surface area contributed by atoms with Gasteiger partial charge in [0.15, 0.2) is 11.5 Å². The average molecular weight is 404 g/mol. The maximum absolute atomic E-state index is 12.3. The van der Waals surface area contributed by atoms with Gasteiger partial charge in [0.25, 0.3) is 0 Å². The zero-order valence-electron chi connectivity index (χ0n) is 12.9. The molecule has 2 N–H and O–H groups in total. The number of hydrogen-bond acceptors (Lipinski definition) is 5. The fraction of sp³-hybridized carbons (Fsp3) is 0.250. The van der Waals surface area contributed by atoms with Crippen molar-refractivity contribution in [1.82, 2.24) is 4.72 Å². The lowest BCUT2D eigenvalue weighted by Gasteiger charge is -2.13. The Morgan fingerprint density at radius 3 is 2.68 bits per heavy atom. The van der Waals surface area contributed by atoms with Crippen LogP contribution in [0.5, 0.6) is 11.5 Å². The molecule has 1 unspecified atom stereocenters. The van der Waals surface area contributed by atoms with Crippen LogP contribution in [-0.2, 0) is 10.0 Å². The molecule has 0 aliphatic carbocycles. The fourth-order valence-corrected chi connectivity index (χ4v) is 4.19. The number of aliphatic hydroxyl groups excluding tert-OH is 1. The Kier molecular flexibility index (Phi) is 5.41. The zero-order chi connectivity index (χ0) is 18.0. The lowest BCUT2D eigenvalue weighted by Crippen LogP contribution is -2.26. The smallest absolute Gasteiger partial charge is 0.242 e. The highest BCUT2D eigenvalue weighted by molar-refractivity contribution is 7.89. The molecule has 1 atom stereocenters. The summed E-state index contributed by atoms with van der Waals surface area (Å²) in [6.45, 7) is 0.176. The topological polar surface area (TPSA) is 84.9 Å². The third-order valence-electron chi connectivity index (χ3n) is 3.67. The summed E-state index contributed by atoms with van der Waals surface area (Å²) in [7, 11) is -3.82. The number of aliphatic hydroxyl groups is 1. The number of ether oxygens (including phenoxy) is 2. The summed E-state index contributed by atoms with van der Waals surface area (Å²) in [5.41, 5.74) is 0.615. The standard InChI is InChI=1S/C16H15Cl2NO5S/c17-11-2-3-12(18)16(8-11)25(21,22)19-6-5-13(20)10-1-4-14-15(7-10)24-9-23-14/h1-4,7-8,13,19-20H,5-6,9H2. The molecule has 134 valence electrons. The Hall–Kier alpha value is -1.51. The molecule has 0 bridgehead atoms.